The van der Waals surface area contributed by atoms with Crippen LogP contribution in [-0.4, -0.2) is 22.8 Å². The number of alkyl halides is 1. The van der Waals surface area contributed by atoms with Crippen LogP contribution in [0.4, 0.5) is 4.39 Å². The second kappa shape index (κ2) is 22.7. The number of nitrogens with zero attached hydrogens (tertiary/aromatic N) is 2. The van der Waals surface area contributed by atoms with E-state index in [1.807, 2.05) is 37.4 Å². The van der Waals surface area contributed by atoms with Gasteiger partial charge in [0.25, 0.3) is 0 Å². The maximum absolute atomic E-state index is 14.1. The van der Waals surface area contributed by atoms with E-state index in [0.717, 1.165) is 68.5 Å². The number of unbranched alkanes of at least 4 members (excludes halogenated alkanes) is 3. The molecule has 0 fully saturated rings. The Morgan fingerprint density at radius 1 is 1.06 bits per heavy atom. The molecule has 4 nitrogen and oxygen atoms in total. The summed E-state index contributed by atoms with van der Waals surface area (Å²) >= 11 is 0. The van der Waals surface area contributed by atoms with Crippen LogP contribution in [0.5, 0.6) is 0 Å². The average Bonchev–Trinajstić information content (AvgIpc) is 3.34. The van der Waals surface area contributed by atoms with Gasteiger partial charge < -0.3 is 9.99 Å². The molecular weight excluding hydrogens is 590 g/mol. The molecule has 0 aliphatic rings. The summed E-state index contributed by atoms with van der Waals surface area (Å²) in [6, 6.07) is 11.0. The summed E-state index contributed by atoms with van der Waals surface area (Å²) < 4.78 is 16.6. The van der Waals surface area contributed by atoms with E-state index in [0.29, 0.717) is 6.42 Å². The van der Waals surface area contributed by atoms with Crippen molar-refractivity contribution in [2.24, 2.45) is 5.41 Å². The quantitative estimate of drug-likeness (QED) is 0.0369. The molecule has 0 saturated heterocycles. The standard InChI is InChI=1S/C38H52FN4.C3H6.Na/c1-8-29(17-14-12-13-15-24-42-41-10-3)25-31(28-39)20-19-30-21-22-36-33(26-30)34(27-38(5,6)7)37(43(36)11-4)32-18-16-23-40-35(32)9-2;1-3-2;/h8-10,16,18,20-23,25-26,41-42H,1,3,11-15,17,19,24,27-28H2,2,4-7H3;3H,1H2,2H3;/q-1;;+1/b29-25+,31-20+;;. The summed E-state index contributed by atoms with van der Waals surface area (Å²) in [6.07, 6.45) is 20.3. The molecule has 2 aromatic heterocycles. The minimum absolute atomic E-state index is 0. The third-order valence-corrected chi connectivity index (χ3v) is 7.73. The number of aryl methyl sites for hydroxylation is 1. The van der Waals surface area contributed by atoms with Gasteiger partial charge in [0.15, 0.2) is 0 Å². The third kappa shape index (κ3) is 13.7. The van der Waals surface area contributed by atoms with Gasteiger partial charge in [-0.05, 0) is 91.5 Å². The van der Waals surface area contributed by atoms with E-state index >= 15 is 0 Å². The van der Waals surface area contributed by atoms with Crippen molar-refractivity contribution in [1.82, 2.24) is 20.4 Å². The molecule has 0 aliphatic heterocycles. The van der Waals surface area contributed by atoms with Crippen molar-refractivity contribution < 1.29 is 33.9 Å². The summed E-state index contributed by atoms with van der Waals surface area (Å²) in [6.45, 7) is 25.3. The Bertz CT molecular complexity index is 1460. The van der Waals surface area contributed by atoms with E-state index in [4.69, 9.17) is 0 Å². The summed E-state index contributed by atoms with van der Waals surface area (Å²) in [5.74, 6) is 0. The van der Waals surface area contributed by atoms with E-state index < -0.39 is 6.67 Å². The minimum atomic E-state index is -0.482. The van der Waals surface area contributed by atoms with E-state index in [2.05, 4.69) is 105 Å². The third-order valence-electron chi connectivity index (χ3n) is 7.73. The zero-order valence-corrected chi connectivity index (χ0v) is 32.4. The van der Waals surface area contributed by atoms with Gasteiger partial charge >= 0.3 is 29.6 Å². The van der Waals surface area contributed by atoms with Crippen molar-refractivity contribution >= 4 is 10.9 Å². The minimum Gasteiger partial charge on any atom is -0.357 e. The van der Waals surface area contributed by atoms with Crippen molar-refractivity contribution in [2.45, 2.75) is 93.0 Å². The molecule has 0 bridgehead atoms. The topological polar surface area (TPSA) is 41.9 Å². The van der Waals surface area contributed by atoms with Gasteiger partial charge in [-0.25, -0.2) is 16.2 Å². The smallest absolute Gasteiger partial charge is 0.357 e. The van der Waals surface area contributed by atoms with Crippen LogP contribution < -0.4 is 40.4 Å². The van der Waals surface area contributed by atoms with E-state index in [1.165, 1.54) is 33.3 Å². The predicted octanol–water partition coefficient (Wildman–Crippen LogP) is 7.82. The van der Waals surface area contributed by atoms with Crippen LogP contribution in [0.3, 0.4) is 0 Å². The molecule has 47 heavy (non-hydrogen) atoms. The SMILES string of the molecule is C=CC.C=CNNCCCCCC/C(C=C)=C/C(=C\Cc1ccc2c(c1)c(CC(C)(C)C)c(-c1cccnc1[CH-]C)n2CC)CF.[Na+]. The fraction of sp³-hybridized carbons (Fsp3) is 0.415. The molecule has 0 radical (unpaired) electrons. The summed E-state index contributed by atoms with van der Waals surface area (Å²) in [5.41, 5.74) is 15.2. The van der Waals surface area contributed by atoms with Crippen LogP contribution in [0.2, 0.25) is 0 Å². The molecule has 6 heteroatoms. The first kappa shape index (κ1) is 42.2. The number of halogens is 1. The van der Waals surface area contributed by atoms with Gasteiger partial charge in [0, 0.05) is 36.4 Å². The number of allylic oxidation sites excluding steroid dienone is 6. The number of rotatable bonds is 18. The van der Waals surface area contributed by atoms with E-state index in [9.17, 15) is 4.39 Å². The molecule has 2 N–H and O–H groups in total. The molecule has 3 aromatic rings. The molecule has 250 valence electrons. The first-order chi connectivity index (χ1) is 22.2. The summed E-state index contributed by atoms with van der Waals surface area (Å²) in [7, 11) is 0. The Kier molecular flexibility index (Phi) is 20.4. The summed E-state index contributed by atoms with van der Waals surface area (Å²) in [5, 5.41) is 1.28. The number of aromatic nitrogens is 2. The molecule has 0 unspecified atom stereocenters. The van der Waals surface area contributed by atoms with Crippen LogP contribution in [0, 0.1) is 11.8 Å². The first-order valence-electron chi connectivity index (χ1n) is 16.8. The maximum atomic E-state index is 14.1. The van der Waals surface area contributed by atoms with Crippen molar-refractivity contribution in [2.75, 3.05) is 13.2 Å². The molecule has 0 saturated carbocycles. The molecule has 0 spiro atoms. The number of nitrogens with one attached hydrogen (secondary N) is 2. The Morgan fingerprint density at radius 3 is 2.40 bits per heavy atom. The Hall–Kier alpha value is -2.83. The van der Waals surface area contributed by atoms with Gasteiger partial charge in [-0.15, -0.1) is 25.1 Å². The Labute approximate surface area is 307 Å². The number of benzene rings is 1. The van der Waals surface area contributed by atoms with Crippen molar-refractivity contribution in [3.8, 4) is 11.3 Å². The number of fused-ring (bicyclic) bond motifs is 1. The second-order valence-electron chi connectivity index (χ2n) is 12.8. The number of pyridine rings is 1. The molecule has 0 atom stereocenters. The first-order valence-corrected chi connectivity index (χ1v) is 16.8. The van der Waals surface area contributed by atoms with Crippen molar-refractivity contribution in [3.05, 3.63) is 121 Å². The monoisotopic (exact) mass is 648 g/mol. The van der Waals surface area contributed by atoms with Gasteiger partial charge in [-0.1, -0.05) is 88.9 Å². The second-order valence-corrected chi connectivity index (χ2v) is 12.8. The largest absolute Gasteiger partial charge is 1.00 e. The molecule has 1 aromatic carbocycles. The molecule has 3 rings (SSSR count). The van der Waals surface area contributed by atoms with Crippen LogP contribution in [-0.2, 0) is 19.4 Å². The zero-order valence-electron chi connectivity index (χ0n) is 30.4. The molecule has 0 aliphatic carbocycles. The molecule has 0 amide bonds. The fourth-order valence-electron chi connectivity index (χ4n) is 5.70. The Balaban J connectivity index is 0.00000265. The average molecular weight is 649 g/mol. The number of hydrogen-bond acceptors (Lipinski definition) is 3. The zero-order chi connectivity index (χ0) is 34.0. The molecule has 2 heterocycles. The fourth-order valence-corrected chi connectivity index (χ4v) is 5.70. The van der Waals surface area contributed by atoms with Gasteiger partial charge in [-0.3, -0.25) is 4.98 Å². The van der Waals surface area contributed by atoms with Gasteiger partial charge in [0.1, 0.15) is 6.67 Å². The van der Waals surface area contributed by atoms with Gasteiger partial charge in [0.2, 0.25) is 0 Å². The Morgan fingerprint density at radius 2 is 1.79 bits per heavy atom. The predicted molar refractivity (Wildman–Crippen MR) is 199 cm³/mol. The van der Waals surface area contributed by atoms with Crippen LogP contribution >= 0.6 is 0 Å². The normalized spacial score (nSPS) is 11.7. The van der Waals surface area contributed by atoms with E-state index in [-0.39, 0.29) is 35.0 Å². The van der Waals surface area contributed by atoms with Crippen LogP contribution in [0.1, 0.15) is 90.5 Å². The maximum Gasteiger partial charge on any atom is 1.00 e. The van der Waals surface area contributed by atoms with Crippen LogP contribution in [0.15, 0.2) is 97.9 Å². The van der Waals surface area contributed by atoms with Crippen molar-refractivity contribution in [3.63, 3.8) is 0 Å². The van der Waals surface area contributed by atoms with E-state index in [1.54, 1.807) is 12.3 Å². The van der Waals surface area contributed by atoms with Gasteiger partial charge in [0.05, 0.1) is 0 Å². The van der Waals surface area contributed by atoms with Crippen molar-refractivity contribution in [1.29, 1.82) is 0 Å². The van der Waals surface area contributed by atoms with Crippen LogP contribution in [0.25, 0.3) is 22.2 Å². The van der Waals surface area contributed by atoms with Gasteiger partial charge in [-0.2, -0.15) is 0 Å². The summed E-state index contributed by atoms with van der Waals surface area (Å²) in [4.78, 5) is 4.67. The number of hydrazine groups is 1. The molecular formula is C41H58FN4Na. The number of hydrogen-bond donors (Lipinski definition) is 2.